The second-order valence-corrected chi connectivity index (χ2v) is 4.34. The van der Waals surface area contributed by atoms with Gasteiger partial charge in [0.05, 0.1) is 5.69 Å². The average molecular weight is 217 g/mol. The van der Waals surface area contributed by atoms with Gasteiger partial charge in [0.1, 0.15) is 0 Å². The molecule has 1 heterocycles. The number of hydrogen-bond donors (Lipinski definition) is 1. The Labute approximate surface area is 97.0 Å². The van der Waals surface area contributed by atoms with Gasteiger partial charge in [0, 0.05) is 12.6 Å². The maximum absolute atomic E-state index is 6.05. The summed E-state index contributed by atoms with van der Waals surface area (Å²) < 4.78 is 0. The number of benzene rings is 1. The molecule has 1 atom stereocenters. The first-order valence-corrected chi connectivity index (χ1v) is 5.93. The third-order valence-electron chi connectivity index (χ3n) is 3.10. The lowest BCUT2D eigenvalue weighted by atomic mass is 10.0. The van der Waals surface area contributed by atoms with E-state index >= 15 is 0 Å². The van der Waals surface area contributed by atoms with Crippen molar-refractivity contribution >= 4 is 11.6 Å². The van der Waals surface area contributed by atoms with Crippen molar-refractivity contribution in [3.63, 3.8) is 0 Å². The smallest absolute Gasteiger partial charge is 0.196 e. The van der Waals surface area contributed by atoms with E-state index in [9.17, 15) is 0 Å². The van der Waals surface area contributed by atoms with Gasteiger partial charge in [-0.2, -0.15) is 0 Å². The molecule has 0 amide bonds. The van der Waals surface area contributed by atoms with Crippen LogP contribution in [0.1, 0.15) is 26.2 Å². The Balaban J connectivity index is 2.11. The Hall–Kier alpha value is -1.51. The number of nitrogens with zero attached hydrogens (tertiary/aromatic N) is 2. The SMILES string of the molecule is CC1CCCCN1C(N)=Nc1ccccc1. The minimum atomic E-state index is 0.515. The van der Waals surface area contributed by atoms with Gasteiger partial charge in [0.15, 0.2) is 5.96 Å². The molecule has 0 aromatic heterocycles. The highest BCUT2D eigenvalue weighted by Gasteiger charge is 2.19. The molecule has 2 N–H and O–H groups in total. The van der Waals surface area contributed by atoms with Crippen LogP contribution in [0.3, 0.4) is 0 Å². The van der Waals surface area contributed by atoms with Crippen molar-refractivity contribution in [1.82, 2.24) is 4.90 Å². The van der Waals surface area contributed by atoms with E-state index in [1.165, 1.54) is 19.3 Å². The van der Waals surface area contributed by atoms with Gasteiger partial charge in [-0.15, -0.1) is 0 Å². The van der Waals surface area contributed by atoms with Gasteiger partial charge in [-0.25, -0.2) is 4.99 Å². The molecule has 1 aromatic carbocycles. The molecule has 0 spiro atoms. The molecule has 2 rings (SSSR count). The molecule has 1 unspecified atom stereocenters. The monoisotopic (exact) mass is 217 g/mol. The summed E-state index contributed by atoms with van der Waals surface area (Å²) in [6.07, 6.45) is 3.73. The summed E-state index contributed by atoms with van der Waals surface area (Å²) in [5.41, 5.74) is 6.98. The fourth-order valence-corrected chi connectivity index (χ4v) is 2.14. The Bertz CT molecular complexity index is 359. The van der Waals surface area contributed by atoms with Crippen LogP contribution in [0.15, 0.2) is 35.3 Å². The lowest BCUT2D eigenvalue weighted by Crippen LogP contribution is -2.45. The minimum absolute atomic E-state index is 0.515. The minimum Gasteiger partial charge on any atom is -0.369 e. The summed E-state index contributed by atoms with van der Waals surface area (Å²) >= 11 is 0. The van der Waals surface area contributed by atoms with Crippen LogP contribution in [0, 0.1) is 0 Å². The van der Waals surface area contributed by atoms with Crippen molar-refractivity contribution < 1.29 is 0 Å². The van der Waals surface area contributed by atoms with E-state index in [4.69, 9.17) is 5.73 Å². The summed E-state index contributed by atoms with van der Waals surface area (Å²) in [7, 11) is 0. The second-order valence-electron chi connectivity index (χ2n) is 4.34. The summed E-state index contributed by atoms with van der Waals surface area (Å²) in [6.45, 7) is 3.25. The first-order chi connectivity index (χ1) is 7.77. The van der Waals surface area contributed by atoms with Gasteiger partial charge in [0.2, 0.25) is 0 Å². The highest BCUT2D eigenvalue weighted by molar-refractivity contribution is 5.81. The largest absolute Gasteiger partial charge is 0.369 e. The van der Waals surface area contributed by atoms with Crippen LogP contribution in [0.5, 0.6) is 0 Å². The van der Waals surface area contributed by atoms with E-state index in [2.05, 4.69) is 16.8 Å². The van der Waals surface area contributed by atoms with E-state index in [1.807, 2.05) is 30.3 Å². The quantitative estimate of drug-likeness (QED) is 0.580. The topological polar surface area (TPSA) is 41.6 Å². The number of nitrogens with two attached hydrogens (primary N) is 1. The number of hydrogen-bond acceptors (Lipinski definition) is 1. The molecule has 1 saturated heterocycles. The van der Waals surface area contributed by atoms with E-state index in [0.717, 1.165) is 12.2 Å². The Morgan fingerprint density at radius 1 is 1.31 bits per heavy atom. The van der Waals surface area contributed by atoms with Crippen LogP contribution in [0.25, 0.3) is 0 Å². The zero-order valence-electron chi connectivity index (χ0n) is 9.76. The van der Waals surface area contributed by atoms with Crippen LogP contribution in [0.2, 0.25) is 0 Å². The molecule has 0 radical (unpaired) electrons. The first kappa shape index (κ1) is 11.0. The number of rotatable bonds is 1. The number of piperidine rings is 1. The molecule has 86 valence electrons. The van der Waals surface area contributed by atoms with E-state index in [0.29, 0.717) is 12.0 Å². The molecule has 1 aliphatic rings. The van der Waals surface area contributed by atoms with Gasteiger partial charge < -0.3 is 10.6 Å². The van der Waals surface area contributed by atoms with Crippen LogP contribution >= 0.6 is 0 Å². The molecular weight excluding hydrogens is 198 g/mol. The summed E-state index contributed by atoms with van der Waals surface area (Å²) in [5.74, 6) is 0.651. The standard InChI is InChI=1S/C13H19N3/c1-11-7-5-6-10-16(11)13(14)15-12-8-3-2-4-9-12/h2-4,8-9,11H,5-7,10H2,1H3,(H2,14,15). The Morgan fingerprint density at radius 2 is 2.06 bits per heavy atom. The van der Waals surface area contributed by atoms with Gasteiger partial charge in [-0.1, -0.05) is 18.2 Å². The summed E-state index contributed by atoms with van der Waals surface area (Å²) in [6, 6.07) is 10.4. The maximum Gasteiger partial charge on any atom is 0.196 e. The van der Waals surface area contributed by atoms with Crippen molar-refractivity contribution in [2.45, 2.75) is 32.2 Å². The van der Waals surface area contributed by atoms with Crippen molar-refractivity contribution in [3.05, 3.63) is 30.3 Å². The molecule has 0 bridgehead atoms. The van der Waals surface area contributed by atoms with Gasteiger partial charge in [0.25, 0.3) is 0 Å². The predicted molar refractivity (Wildman–Crippen MR) is 67.7 cm³/mol. The molecule has 0 aliphatic carbocycles. The molecule has 1 fully saturated rings. The summed E-state index contributed by atoms with van der Waals surface area (Å²) in [4.78, 5) is 6.66. The highest BCUT2D eigenvalue weighted by atomic mass is 15.3. The van der Waals surface area contributed by atoms with Gasteiger partial charge in [-0.05, 0) is 38.3 Å². The molecular formula is C13H19N3. The number of para-hydroxylation sites is 1. The number of guanidine groups is 1. The predicted octanol–water partition coefficient (Wildman–Crippen LogP) is 2.51. The van der Waals surface area contributed by atoms with E-state index in [1.54, 1.807) is 0 Å². The van der Waals surface area contributed by atoms with Crippen LogP contribution in [-0.2, 0) is 0 Å². The molecule has 3 heteroatoms. The molecule has 1 aromatic rings. The van der Waals surface area contributed by atoms with Gasteiger partial charge >= 0.3 is 0 Å². The third-order valence-corrected chi connectivity index (χ3v) is 3.10. The second kappa shape index (κ2) is 5.01. The lowest BCUT2D eigenvalue weighted by molar-refractivity contribution is 0.256. The van der Waals surface area contributed by atoms with Crippen LogP contribution in [0.4, 0.5) is 5.69 Å². The van der Waals surface area contributed by atoms with Crippen LogP contribution < -0.4 is 5.73 Å². The Kier molecular flexibility index (Phi) is 3.44. The zero-order valence-corrected chi connectivity index (χ0v) is 9.76. The molecule has 3 nitrogen and oxygen atoms in total. The third kappa shape index (κ3) is 2.54. The lowest BCUT2D eigenvalue weighted by Gasteiger charge is -2.34. The fraction of sp³-hybridized carbons (Fsp3) is 0.462. The van der Waals surface area contributed by atoms with Crippen molar-refractivity contribution in [3.8, 4) is 0 Å². The van der Waals surface area contributed by atoms with E-state index in [-0.39, 0.29) is 0 Å². The number of likely N-dealkylation sites (tertiary alicyclic amines) is 1. The number of aliphatic imine (C=N–C) groups is 1. The van der Waals surface area contributed by atoms with Crippen molar-refractivity contribution in [2.24, 2.45) is 10.7 Å². The van der Waals surface area contributed by atoms with Crippen molar-refractivity contribution in [2.75, 3.05) is 6.54 Å². The van der Waals surface area contributed by atoms with Crippen LogP contribution in [-0.4, -0.2) is 23.4 Å². The van der Waals surface area contributed by atoms with Gasteiger partial charge in [-0.3, -0.25) is 0 Å². The highest BCUT2D eigenvalue weighted by Crippen LogP contribution is 2.17. The normalized spacial score (nSPS) is 22.2. The average Bonchev–Trinajstić information content (AvgIpc) is 2.31. The maximum atomic E-state index is 6.05. The van der Waals surface area contributed by atoms with Crippen molar-refractivity contribution in [1.29, 1.82) is 0 Å². The molecule has 16 heavy (non-hydrogen) atoms. The molecule has 1 aliphatic heterocycles. The first-order valence-electron chi connectivity index (χ1n) is 5.93. The Morgan fingerprint density at radius 3 is 2.75 bits per heavy atom. The molecule has 0 saturated carbocycles. The summed E-state index contributed by atoms with van der Waals surface area (Å²) in [5, 5.41) is 0. The zero-order chi connectivity index (χ0) is 11.4. The fourth-order valence-electron chi connectivity index (χ4n) is 2.14. The van der Waals surface area contributed by atoms with E-state index < -0.39 is 0 Å².